The lowest BCUT2D eigenvalue weighted by molar-refractivity contribution is -0.210. The fourth-order valence-corrected chi connectivity index (χ4v) is 8.22. The third kappa shape index (κ3) is 3.49. The Bertz CT molecular complexity index is 1180. The number of aliphatic carboxylic acids is 2. The van der Waals surface area contributed by atoms with E-state index in [4.69, 9.17) is 9.84 Å². The van der Waals surface area contributed by atoms with E-state index in [-0.39, 0.29) is 53.4 Å². The second-order valence-electron chi connectivity index (χ2n) is 12.4. The molecule has 1 amide bonds. The molecule has 2 heterocycles. The highest BCUT2D eigenvalue weighted by atomic mass is 16.5. The van der Waals surface area contributed by atoms with Gasteiger partial charge in [-0.2, -0.15) is 0 Å². The van der Waals surface area contributed by atoms with Crippen molar-refractivity contribution in [3.05, 3.63) is 22.8 Å². The summed E-state index contributed by atoms with van der Waals surface area (Å²) in [6.45, 7) is 8.66. The molecule has 9 nitrogen and oxygen atoms in total. The lowest BCUT2D eigenvalue weighted by atomic mass is 9.43. The number of carbonyl (C=O) groups excluding carboxylic acids is 1. The van der Waals surface area contributed by atoms with Crippen LogP contribution in [-0.2, 0) is 22.6 Å². The van der Waals surface area contributed by atoms with E-state index in [1.54, 1.807) is 0 Å². The van der Waals surface area contributed by atoms with E-state index in [2.05, 4.69) is 27.7 Å². The molecule has 37 heavy (non-hydrogen) atoms. The number of phenolic OH excluding ortho intramolecular Hbond substituents is 1. The number of ether oxygens (including phenoxy) is 1. The van der Waals surface area contributed by atoms with E-state index >= 15 is 0 Å². The fraction of sp³-hybridized carbons (Fsp3) is 0.679. The maximum Gasteiger partial charge on any atom is 0.326 e. The molecule has 1 spiro atoms. The summed E-state index contributed by atoms with van der Waals surface area (Å²) in [6, 6.07) is 0.122. The molecular weight excluding hydrogens is 478 g/mol. The van der Waals surface area contributed by atoms with Gasteiger partial charge in [-0.1, -0.05) is 27.7 Å². The molecule has 4 N–H and O–H groups in total. The van der Waals surface area contributed by atoms with Crippen LogP contribution in [0.3, 0.4) is 0 Å². The van der Waals surface area contributed by atoms with Crippen molar-refractivity contribution in [2.45, 2.75) is 96.9 Å². The largest absolute Gasteiger partial charge is 0.508 e. The first kappa shape index (κ1) is 25.8. The van der Waals surface area contributed by atoms with E-state index in [0.717, 1.165) is 19.3 Å². The van der Waals surface area contributed by atoms with Crippen molar-refractivity contribution in [1.29, 1.82) is 0 Å². The summed E-state index contributed by atoms with van der Waals surface area (Å²) in [5, 5.41) is 40.8. The van der Waals surface area contributed by atoms with Crippen molar-refractivity contribution < 1.29 is 39.5 Å². The van der Waals surface area contributed by atoms with Gasteiger partial charge in [0, 0.05) is 29.4 Å². The van der Waals surface area contributed by atoms with Crippen LogP contribution in [0.2, 0.25) is 0 Å². The Labute approximate surface area is 216 Å². The highest BCUT2D eigenvalue weighted by molar-refractivity contribution is 6.02. The number of carbonyl (C=O) groups is 3. The summed E-state index contributed by atoms with van der Waals surface area (Å²) in [5.74, 6) is -2.14. The van der Waals surface area contributed by atoms with Crippen LogP contribution in [0.4, 0.5) is 0 Å². The van der Waals surface area contributed by atoms with Crippen LogP contribution in [0, 0.1) is 22.7 Å². The van der Waals surface area contributed by atoms with E-state index in [1.807, 2.05) is 0 Å². The van der Waals surface area contributed by atoms with Crippen molar-refractivity contribution >= 4 is 17.8 Å². The number of aromatic hydroxyl groups is 1. The Hall–Kier alpha value is -2.81. The highest BCUT2D eigenvalue weighted by Gasteiger charge is 2.67. The molecule has 0 unspecified atom stereocenters. The number of carboxylic acid groups (broad SMARTS) is 2. The zero-order valence-corrected chi connectivity index (χ0v) is 21.9. The Kier molecular flexibility index (Phi) is 5.83. The first-order chi connectivity index (χ1) is 17.2. The van der Waals surface area contributed by atoms with Crippen LogP contribution in [0.5, 0.6) is 11.5 Å². The minimum atomic E-state index is -1.29. The van der Waals surface area contributed by atoms with Gasteiger partial charge in [0.25, 0.3) is 5.91 Å². The molecule has 2 saturated carbocycles. The maximum atomic E-state index is 13.3. The van der Waals surface area contributed by atoms with E-state index in [9.17, 15) is 29.7 Å². The number of aliphatic hydroxyl groups excluding tert-OH is 1. The number of rotatable bonds is 5. The van der Waals surface area contributed by atoms with Crippen LogP contribution < -0.4 is 4.74 Å². The Morgan fingerprint density at radius 2 is 1.86 bits per heavy atom. The average Bonchev–Trinajstić information content (AvgIpc) is 3.36. The Morgan fingerprint density at radius 1 is 1.16 bits per heavy atom. The van der Waals surface area contributed by atoms with Crippen LogP contribution in [0.1, 0.15) is 87.7 Å². The van der Waals surface area contributed by atoms with Crippen molar-refractivity contribution in [2.75, 3.05) is 0 Å². The summed E-state index contributed by atoms with van der Waals surface area (Å²) in [6.07, 6.45) is 2.83. The minimum absolute atomic E-state index is 0.0117. The number of carboxylic acids is 2. The first-order valence-electron chi connectivity index (χ1n) is 13.2. The summed E-state index contributed by atoms with van der Waals surface area (Å²) in [5.41, 5.74) is 0.202. The number of nitrogens with zero attached hydrogens (tertiary/aromatic N) is 1. The quantitative estimate of drug-likeness (QED) is 0.466. The van der Waals surface area contributed by atoms with Crippen LogP contribution in [0.25, 0.3) is 0 Å². The van der Waals surface area contributed by atoms with Crippen LogP contribution in [-0.4, -0.2) is 60.9 Å². The van der Waals surface area contributed by atoms with Gasteiger partial charge < -0.3 is 30.1 Å². The molecule has 4 aliphatic rings. The number of hydrogen-bond donors (Lipinski definition) is 4. The molecule has 1 aromatic rings. The lowest BCUT2D eigenvalue weighted by Crippen LogP contribution is -2.66. The zero-order valence-electron chi connectivity index (χ0n) is 21.9. The second kappa shape index (κ2) is 8.35. The third-order valence-corrected chi connectivity index (χ3v) is 10.4. The second-order valence-corrected chi connectivity index (χ2v) is 12.4. The van der Waals surface area contributed by atoms with Gasteiger partial charge in [0.2, 0.25) is 0 Å². The highest BCUT2D eigenvalue weighted by Crippen LogP contribution is 2.67. The van der Waals surface area contributed by atoms with Gasteiger partial charge in [-0.15, -0.1) is 0 Å². The van der Waals surface area contributed by atoms with Crippen LogP contribution in [0.15, 0.2) is 6.07 Å². The number of benzene rings is 1. The molecular formula is C28H37NO8. The van der Waals surface area contributed by atoms with E-state index in [0.29, 0.717) is 29.7 Å². The molecule has 0 radical (unpaired) electrons. The molecule has 9 heteroatoms. The molecule has 1 aromatic carbocycles. The number of hydrogen-bond acceptors (Lipinski definition) is 6. The van der Waals surface area contributed by atoms with Gasteiger partial charge in [0.1, 0.15) is 23.1 Å². The summed E-state index contributed by atoms with van der Waals surface area (Å²) in [7, 11) is 0. The summed E-state index contributed by atoms with van der Waals surface area (Å²) < 4.78 is 6.95. The first-order valence-corrected chi connectivity index (χ1v) is 13.2. The number of aliphatic hydroxyl groups is 1. The van der Waals surface area contributed by atoms with Crippen molar-refractivity contribution in [3.8, 4) is 11.5 Å². The Morgan fingerprint density at radius 3 is 2.51 bits per heavy atom. The summed E-state index contributed by atoms with van der Waals surface area (Å²) >= 11 is 0. The molecule has 0 bridgehead atoms. The van der Waals surface area contributed by atoms with Gasteiger partial charge in [-0.05, 0) is 55.4 Å². The predicted molar refractivity (Wildman–Crippen MR) is 132 cm³/mol. The van der Waals surface area contributed by atoms with E-state index < -0.39 is 35.6 Å². The number of amides is 1. The van der Waals surface area contributed by atoms with Crippen molar-refractivity contribution in [3.63, 3.8) is 0 Å². The standard InChI is InChI=1S/C28H37NO8/c1-14-5-7-20-26(2,3)21(31)9-10-27(20,4)28(14)12-16-19(30)11-15-17(23(16)37-28)13-29(24(15)34)18(25(35)36)6-8-22(32)33/h11,14,18,20-21,30-31H,5-10,12-13H2,1-4H3,(H,32,33)(H,35,36)/t14-,18+,20-,21-,27+,28+/m1/s1. The molecule has 5 rings (SSSR count). The molecule has 6 atom stereocenters. The maximum absolute atomic E-state index is 13.3. The monoisotopic (exact) mass is 515 g/mol. The van der Waals surface area contributed by atoms with Gasteiger partial charge in [-0.3, -0.25) is 9.59 Å². The average molecular weight is 516 g/mol. The molecule has 2 aliphatic heterocycles. The minimum Gasteiger partial charge on any atom is -0.508 e. The topological polar surface area (TPSA) is 145 Å². The van der Waals surface area contributed by atoms with Gasteiger partial charge in [0.15, 0.2) is 0 Å². The van der Waals surface area contributed by atoms with Gasteiger partial charge in [0.05, 0.1) is 18.2 Å². The zero-order chi connectivity index (χ0) is 27.1. The molecule has 0 aromatic heterocycles. The normalized spacial score (nSPS) is 34.5. The summed E-state index contributed by atoms with van der Waals surface area (Å²) in [4.78, 5) is 37.6. The predicted octanol–water partition coefficient (Wildman–Crippen LogP) is 3.57. The third-order valence-electron chi connectivity index (χ3n) is 10.4. The van der Waals surface area contributed by atoms with Crippen molar-refractivity contribution in [1.82, 2.24) is 4.90 Å². The van der Waals surface area contributed by atoms with E-state index in [1.165, 1.54) is 11.0 Å². The lowest BCUT2D eigenvalue weighted by Gasteiger charge is -2.64. The molecule has 202 valence electrons. The smallest absolute Gasteiger partial charge is 0.326 e. The van der Waals surface area contributed by atoms with Gasteiger partial charge >= 0.3 is 11.9 Å². The molecule has 2 aliphatic carbocycles. The Balaban J connectivity index is 1.55. The fourth-order valence-electron chi connectivity index (χ4n) is 8.22. The molecule has 0 saturated heterocycles. The SMILES string of the molecule is C[C@@H]1CC[C@@H]2C(C)(C)[C@H](O)CC[C@]2(C)[C@]12Cc1c(O)cc3c(c1O2)CN([C@@H](CCC(=O)O)C(=O)O)C3=O. The number of phenols is 1. The van der Waals surface area contributed by atoms with Gasteiger partial charge in [-0.25, -0.2) is 4.79 Å². The molecule has 2 fully saturated rings. The van der Waals surface area contributed by atoms with Crippen molar-refractivity contribution in [2.24, 2.45) is 22.7 Å². The number of fused-ring (bicyclic) bond motifs is 5. The van der Waals surface area contributed by atoms with Crippen LogP contribution >= 0.6 is 0 Å².